The van der Waals surface area contributed by atoms with Gasteiger partial charge in [0.1, 0.15) is 16.9 Å². The predicted molar refractivity (Wildman–Crippen MR) is 123 cm³/mol. The summed E-state index contributed by atoms with van der Waals surface area (Å²) in [7, 11) is -2.08. The molecule has 1 atom stereocenters. The van der Waals surface area contributed by atoms with Gasteiger partial charge in [0.15, 0.2) is 9.84 Å². The van der Waals surface area contributed by atoms with E-state index in [1.807, 2.05) is 56.3 Å². The molecule has 0 spiro atoms. The van der Waals surface area contributed by atoms with E-state index in [9.17, 15) is 8.42 Å². The van der Waals surface area contributed by atoms with Gasteiger partial charge in [0.2, 0.25) is 0 Å². The molecule has 1 unspecified atom stereocenters. The van der Waals surface area contributed by atoms with Gasteiger partial charge in [-0.1, -0.05) is 38.1 Å². The second-order valence-electron chi connectivity index (χ2n) is 8.05. The van der Waals surface area contributed by atoms with Crippen LogP contribution in [0.25, 0.3) is 22.4 Å². The summed E-state index contributed by atoms with van der Waals surface area (Å²) in [6, 6.07) is 21.7. The number of rotatable bonds is 6. The molecule has 0 radical (unpaired) electrons. The van der Waals surface area contributed by atoms with Crippen molar-refractivity contribution in [2.45, 2.75) is 29.5 Å². The second kappa shape index (κ2) is 7.83. The quantitative estimate of drug-likeness (QED) is 0.471. The van der Waals surface area contributed by atoms with E-state index in [0.29, 0.717) is 0 Å². The van der Waals surface area contributed by atoms with Crippen molar-refractivity contribution in [3.8, 4) is 17.1 Å². The molecule has 160 valence electrons. The molecule has 1 heterocycles. The van der Waals surface area contributed by atoms with E-state index in [0.717, 1.165) is 33.7 Å². The third-order valence-corrected chi connectivity index (χ3v) is 7.89. The van der Waals surface area contributed by atoms with Crippen LogP contribution in [0.1, 0.15) is 19.4 Å². The number of nitrogens with two attached hydrogens (primary N) is 1. The number of imidazole rings is 1. The second-order valence-corrected chi connectivity index (χ2v) is 10.1. The van der Waals surface area contributed by atoms with Crippen molar-refractivity contribution in [3.63, 3.8) is 0 Å². The van der Waals surface area contributed by atoms with E-state index in [-0.39, 0.29) is 4.90 Å². The lowest BCUT2D eigenvalue weighted by atomic mass is 9.84. The number of aromatic nitrogens is 2. The molecule has 6 nitrogen and oxygen atoms in total. The molecule has 0 amide bonds. The summed E-state index contributed by atoms with van der Waals surface area (Å²) in [6.45, 7) is 3.69. The van der Waals surface area contributed by atoms with Gasteiger partial charge in [0, 0.05) is 11.0 Å². The number of aromatic amines is 1. The van der Waals surface area contributed by atoms with Crippen LogP contribution in [0.3, 0.4) is 0 Å². The van der Waals surface area contributed by atoms with Gasteiger partial charge in [-0.25, -0.2) is 13.4 Å². The molecule has 1 aromatic heterocycles. The van der Waals surface area contributed by atoms with Crippen molar-refractivity contribution in [2.75, 3.05) is 7.11 Å². The summed E-state index contributed by atoms with van der Waals surface area (Å²) in [5, 5.41) is -1.11. The van der Waals surface area contributed by atoms with Crippen LogP contribution in [0.5, 0.6) is 5.75 Å². The topological polar surface area (TPSA) is 98.1 Å². The summed E-state index contributed by atoms with van der Waals surface area (Å²) in [5.41, 5.74) is 8.87. The fourth-order valence-corrected chi connectivity index (χ4v) is 5.35. The minimum absolute atomic E-state index is 0.222. The lowest BCUT2D eigenvalue weighted by molar-refractivity contribution is 0.415. The summed E-state index contributed by atoms with van der Waals surface area (Å²) in [4.78, 5) is 8.21. The Hall–Kier alpha value is -3.16. The summed E-state index contributed by atoms with van der Waals surface area (Å²) in [6.07, 6.45) is 0. The standard InChI is InChI=1S/C24H25N3O3S/c1-24(2,23(25)31(28,29)19-7-5-4-6-8-19)17-11-14-20-21(15-17)27-22(26-20)16-9-12-18(30-3)13-10-16/h4-15,23H,25H2,1-3H3,(H,26,27). The fraction of sp³-hybridized carbons (Fsp3) is 0.208. The Labute approximate surface area is 182 Å². The number of nitrogens with one attached hydrogen (secondary N) is 1. The Bertz CT molecular complexity index is 1310. The maximum absolute atomic E-state index is 13.1. The molecule has 0 bridgehead atoms. The zero-order valence-electron chi connectivity index (χ0n) is 17.7. The average Bonchev–Trinajstić information content (AvgIpc) is 3.22. The van der Waals surface area contributed by atoms with Gasteiger partial charge in [0.05, 0.1) is 23.0 Å². The van der Waals surface area contributed by atoms with Crippen molar-refractivity contribution in [1.82, 2.24) is 9.97 Å². The SMILES string of the molecule is COc1ccc(-c2nc3ccc(C(C)(C)C(N)S(=O)(=O)c4ccccc4)cc3[nH]2)cc1. The maximum atomic E-state index is 13.1. The number of sulfone groups is 1. The van der Waals surface area contributed by atoms with E-state index >= 15 is 0 Å². The van der Waals surface area contributed by atoms with Gasteiger partial charge in [-0.15, -0.1) is 0 Å². The van der Waals surface area contributed by atoms with Crippen molar-refractivity contribution in [1.29, 1.82) is 0 Å². The van der Waals surface area contributed by atoms with Crippen molar-refractivity contribution in [3.05, 3.63) is 78.4 Å². The van der Waals surface area contributed by atoms with Crippen molar-refractivity contribution >= 4 is 20.9 Å². The van der Waals surface area contributed by atoms with Crippen LogP contribution < -0.4 is 10.5 Å². The van der Waals surface area contributed by atoms with E-state index in [4.69, 9.17) is 10.5 Å². The number of hydrogen-bond acceptors (Lipinski definition) is 5. The van der Waals surface area contributed by atoms with Gasteiger partial charge >= 0.3 is 0 Å². The van der Waals surface area contributed by atoms with Crippen LogP contribution >= 0.6 is 0 Å². The molecule has 4 rings (SSSR count). The maximum Gasteiger partial charge on any atom is 0.194 e. The number of ether oxygens (including phenoxy) is 1. The lowest BCUT2D eigenvalue weighted by Gasteiger charge is -2.31. The number of nitrogens with zero attached hydrogens (tertiary/aromatic N) is 1. The summed E-state index contributed by atoms with van der Waals surface area (Å²) < 4.78 is 31.4. The van der Waals surface area contributed by atoms with Gasteiger partial charge in [-0.2, -0.15) is 0 Å². The Morgan fingerprint density at radius 2 is 1.68 bits per heavy atom. The Morgan fingerprint density at radius 3 is 2.32 bits per heavy atom. The normalized spacial score (nSPS) is 13.3. The smallest absolute Gasteiger partial charge is 0.194 e. The minimum atomic E-state index is -3.70. The van der Waals surface area contributed by atoms with Crippen LogP contribution in [0.2, 0.25) is 0 Å². The zero-order valence-corrected chi connectivity index (χ0v) is 18.5. The highest BCUT2D eigenvalue weighted by molar-refractivity contribution is 7.92. The average molecular weight is 436 g/mol. The Kier molecular flexibility index (Phi) is 5.33. The van der Waals surface area contributed by atoms with Gasteiger partial charge in [-0.05, 0) is 54.1 Å². The molecule has 3 aromatic carbocycles. The van der Waals surface area contributed by atoms with Gasteiger partial charge < -0.3 is 15.5 Å². The summed E-state index contributed by atoms with van der Waals surface area (Å²) in [5.74, 6) is 1.51. The summed E-state index contributed by atoms with van der Waals surface area (Å²) >= 11 is 0. The lowest BCUT2D eigenvalue weighted by Crippen LogP contribution is -2.46. The van der Waals surface area contributed by atoms with Crippen LogP contribution in [-0.2, 0) is 15.3 Å². The highest BCUT2D eigenvalue weighted by atomic mass is 32.2. The first kappa shape index (κ1) is 21.1. The number of fused-ring (bicyclic) bond motifs is 1. The van der Waals surface area contributed by atoms with E-state index in [1.165, 1.54) is 0 Å². The van der Waals surface area contributed by atoms with Crippen LogP contribution in [0.4, 0.5) is 0 Å². The minimum Gasteiger partial charge on any atom is -0.497 e. The predicted octanol–water partition coefficient (Wildman–Crippen LogP) is 4.27. The number of H-pyrrole nitrogens is 1. The molecule has 4 aromatic rings. The highest BCUT2D eigenvalue weighted by Gasteiger charge is 2.39. The van der Waals surface area contributed by atoms with Crippen LogP contribution in [-0.4, -0.2) is 30.9 Å². The third kappa shape index (κ3) is 3.82. The molecule has 7 heteroatoms. The molecule has 0 saturated carbocycles. The highest BCUT2D eigenvalue weighted by Crippen LogP contribution is 2.33. The first-order valence-corrected chi connectivity index (χ1v) is 11.5. The molecule has 0 aliphatic heterocycles. The molecule has 0 aliphatic carbocycles. The Balaban J connectivity index is 1.70. The zero-order chi connectivity index (χ0) is 22.2. The van der Waals surface area contributed by atoms with Gasteiger partial charge in [-0.3, -0.25) is 0 Å². The first-order valence-electron chi connectivity index (χ1n) is 9.92. The van der Waals surface area contributed by atoms with E-state index in [1.54, 1.807) is 37.4 Å². The molecular formula is C24H25N3O3S. The monoisotopic (exact) mass is 435 g/mol. The Morgan fingerprint density at radius 1 is 1.00 bits per heavy atom. The molecule has 3 N–H and O–H groups in total. The fourth-order valence-electron chi connectivity index (χ4n) is 3.60. The number of methoxy groups -OCH3 is 1. The number of benzene rings is 3. The molecule has 31 heavy (non-hydrogen) atoms. The van der Waals surface area contributed by atoms with Gasteiger partial charge in [0.25, 0.3) is 0 Å². The molecule has 0 saturated heterocycles. The van der Waals surface area contributed by atoms with Crippen LogP contribution in [0, 0.1) is 0 Å². The number of hydrogen-bond donors (Lipinski definition) is 2. The van der Waals surface area contributed by atoms with Crippen molar-refractivity contribution < 1.29 is 13.2 Å². The molecular weight excluding hydrogens is 410 g/mol. The third-order valence-electron chi connectivity index (χ3n) is 5.71. The molecule has 0 aliphatic rings. The van der Waals surface area contributed by atoms with Crippen molar-refractivity contribution in [2.24, 2.45) is 5.73 Å². The van der Waals surface area contributed by atoms with Crippen LogP contribution in [0.15, 0.2) is 77.7 Å². The first-order chi connectivity index (χ1) is 14.7. The van der Waals surface area contributed by atoms with E-state index < -0.39 is 20.6 Å². The molecule has 0 fully saturated rings. The van der Waals surface area contributed by atoms with E-state index in [2.05, 4.69) is 9.97 Å². The largest absolute Gasteiger partial charge is 0.497 e.